The van der Waals surface area contributed by atoms with Gasteiger partial charge in [-0.2, -0.15) is 0 Å². The zero-order valence-electron chi connectivity index (χ0n) is 68.8. The van der Waals surface area contributed by atoms with Crippen molar-refractivity contribution in [3.05, 3.63) is 317 Å². The molecule has 0 aliphatic carbocycles. The van der Waals surface area contributed by atoms with Crippen LogP contribution < -0.4 is 29.2 Å². The van der Waals surface area contributed by atoms with Gasteiger partial charge in [-0.25, -0.2) is 0 Å². The second-order valence-corrected chi connectivity index (χ2v) is 34.7. The Morgan fingerprint density at radius 1 is 0.294 bits per heavy atom. The minimum atomic E-state index is 0.203. The van der Waals surface area contributed by atoms with Crippen molar-refractivity contribution < 1.29 is 28.7 Å². The molecule has 0 spiro atoms. The lowest BCUT2D eigenvalue weighted by atomic mass is 10.0. The number of nitrogens with zero attached hydrogens (tertiary/aromatic N) is 10. The van der Waals surface area contributed by atoms with E-state index in [0.29, 0.717) is 74.9 Å². The van der Waals surface area contributed by atoms with Gasteiger partial charge < -0.3 is 54.2 Å². The molecule has 5 aromatic heterocycles. The Kier molecular flexibility index (Phi) is 21.0. The molecule has 0 saturated carbocycles. The van der Waals surface area contributed by atoms with Crippen LogP contribution in [0.15, 0.2) is 237 Å². The summed E-state index contributed by atoms with van der Waals surface area (Å²) >= 11 is 24.8. The molecular weight excluding hydrogens is 1660 g/mol. The highest BCUT2D eigenvalue weighted by molar-refractivity contribution is 6.36. The zero-order chi connectivity index (χ0) is 85.5. The number of benzene rings is 10. The molecule has 5 saturated heterocycles. The molecule has 0 bridgehead atoms. The first kappa shape index (κ1) is 79.7. The van der Waals surface area contributed by atoms with Crippen molar-refractivity contribution in [2.24, 2.45) is 25.0 Å². The molecule has 0 atom stereocenters. The van der Waals surface area contributed by atoms with Crippen LogP contribution in [0.2, 0.25) is 20.1 Å². The van der Waals surface area contributed by atoms with E-state index in [9.17, 15) is 24.0 Å². The third-order valence-corrected chi connectivity index (χ3v) is 26.3. The fourth-order valence-electron chi connectivity index (χ4n) is 18.8. The number of hydrogen-bond acceptors (Lipinski definition) is 11. The second kappa shape index (κ2) is 33.2. The van der Waals surface area contributed by atoms with Crippen LogP contribution in [0.4, 0.5) is 28.4 Å². The standard InChI is InChI=1S/C21H19N3O2.4C20H16ClN3O/c1-26-18-5-2-4-13-10-17(23-20(13)18)21-16-11-15(8-7-14(16)12-22-21)24-9-3-6-19(24)25;21-16-3-1-4-17-15(16)10-18(23-17)20-14-9-13(7-6-12(14)11-22-20)24-8-2-5-19(24)25;21-16-4-1-3-12-9-17(23-19(12)16)20-15-10-14(7-6-13(15)11-22-20)24-8-2-5-18(24)25;21-14-4-6-17-13(8-14)9-18(23-17)20-16-10-15(5-3-12(16)11-22-20)24-7-1-2-19(24)25;21-14-5-3-12-8-18(23-17(12)9-14)20-16-10-15(6-4-13(16)11-22-20)24-7-1-2-19(24)25/h2,4-5,7-8,10-11,23H,3,6,9,12H2,1H3;2*1,3-4,6-7,9-10,23H,2,5,8,11H2;2*3-6,8-10,23H,1-2,7,11H2. The van der Waals surface area contributed by atoms with Crippen LogP contribution in [0.5, 0.6) is 5.75 Å². The predicted molar refractivity (Wildman–Crippen MR) is 505 cm³/mol. The molecule has 626 valence electrons. The number of carbonyl (C=O) groups excluding carboxylic acids is 5. The van der Waals surface area contributed by atoms with E-state index in [1.165, 1.54) is 27.8 Å². The summed E-state index contributed by atoms with van der Waals surface area (Å²) in [5.74, 6) is 1.84. The smallest absolute Gasteiger partial charge is 0.227 e. The number of hydrogen-bond donors (Lipinski definition) is 5. The minimum Gasteiger partial charge on any atom is -0.495 e. The van der Waals surface area contributed by atoms with Crippen molar-refractivity contribution in [1.82, 2.24) is 24.9 Å². The Morgan fingerprint density at radius 2 is 0.635 bits per heavy atom. The number of nitrogens with one attached hydrogen (secondary N) is 5. The molecule has 5 amide bonds. The van der Waals surface area contributed by atoms with E-state index in [1.807, 2.05) is 140 Å². The summed E-state index contributed by atoms with van der Waals surface area (Å²) in [4.78, 5) is 110. The number of rotatable bonds is 11. The fourth-order valence-corrected chi connectivity index (χ4v) is 19.6. The molecule has 15 heterocycles. The summed E-state index contributed by atoms with van der Waals surface area (Å²) in [7, 11) is 1.68. The van der Waals surface area contributed by atoms with Crippen LogP contribution in [0.25, 0.3) is 54.5 Å². The first-order valence-corrected chi connectivity index (χ1v) is 44.2. The first-order valence-electron chi connectivity index (χ1n) is 42.7. The van der Waals surface area contributed by atoms with E-state index in [1.54, 1.807) is 7.11 Å². The maximum absolute atomic E-state index is 12.1. The van der Waals surface area contributed by atoms with Gasteiger partial charge in [-0.1, -0.05) is 113 Å². The highest BCUT2D eigenvalue weighted by atomic mass is 35.5. The Labute approximate surface area is 744 Å². The molecule has 10 aromatic carbocycles. The molecular formula is C101H83Cl4N15O6. The van der Waals surface area contributed by atoms with Gasteiger partial charge in [0.15, 0.2) is 0 Å². The second-order valence-electron chi connectivity index (χ2n) is 33.0. The van der Waals surface area contributed by atoms with E-state index in [0.717, 1.165) is 248 Å². The molecule has 126 heavy (non-hydrogen) atoms. The highest BCUT2D eigenvalue weighted by Crippen LogP contribution is 2.40. The van der Waals surface area contributed by atoms with Gasteiger partial charge in [-0.05, 0) is 206 Å². The Morgan fingerprint density at radius 3 is 1.04 bits per heavy atom. The van der Waals surface area contributed by atoms with Gasteiger partial charge in [-0.3, -0.25) is 48.9 Å². The molecule has 0 radical (unpaired) electrons. The number of aromatic amines is 5. The van der Waals surface area contributed by atoms with Crippen LogP contribution >= 0.6 is 46.4 Å². The molecule has 25 rings (SSSR count). The Hall–Kier alpha value is -13.4. The molecule has 15 aromatic rings. The highest BCUT2D eigenvalue weighted by Gasteiger charge is 2.33. The average Bonchev–Trinajstić information content (AvgIpc) is 1.64. The van der Waals surface area contributed by atoms with Gasteiger partial charge in [0.05, 0.1) is 113 Å². The van der Waals surface area contributed by atoms with Crippen molar-refractivity contribution in [1.29, 1.82) is 0 Å². The lowest BCUT2D eigenvalue weighted by Gasteiger charge is -2.17. The van der Waals surface area contributed by atoms with Crippen molar-refractivity contribution in [2.75, 3.05) is 64.3 Å². The number of fused-ring (bicyclic) bond motifs is 10. The number of ether oxygens (including phenoxy) is 1. The minimum absolute atomic E-state index is 0.203. The van der Waals surface area contributed by atoms with Crippen molar-refractivity contribution in [3.63, 3.8) is 0 Å². The topological polar surface area (TPSA) is 252 Å². The molecule has 10 aliphatic heterocycles. The van der Waals surface area contributed by atoms with E-state index in [-0.39, 0.29) is 29.5 Å². The molecule has 0 unspecified atom stereocenters. The van der Waals surface area contributed by atoms with Crippen molar-refractivity contribution in [3.8, 4) is 5.75 Å². The summed E-state index contributed by atoms with van der Waals surface area (Å²) in [5, 5.41) is 8.23. The lowest BCUT2D eigenvalue weighted by Crippen LogP contribution is -2.23. The van der Waals surface area contributed by atoms with E-state index in [2.05, 4.69) is 122 Å². The third kappa shape index (κ3) is 15.1. The fraction of sp³-hybridized carbons (Fsp3) is 0.208. The first-order chi connectivity index (χ1) is 61.5. The number of para-hydroxylation sites is 2. The molecule has 10 aliphatic rings. The number of methoxy groups -OCH3 is 1. The van der Waals surface area contributed by atoms with Gasteiger partial charge in [0, 0.05) is 180 Å². The van der Waals surface area contributed by atoms with Crippen LogP contribution in [0, 0.1) is 0 Å². The summed E-state index contributed by atoms with van der Waals surface area (Å²) in [6.45, 7) is 7.36. The van der Waals surface area contributed by atoms with Crippen molar-refractivity contribution in [2.45, 2.75) is 96.9 Å². The number of aliphatic imine (C=N–C) groups is 5. The lowest BCUT2D eigenvalue weighted by molar-refractivity contribution is -0.117. The predicted octanol–water partition coefficient (Wildman–Crippen LogP) is 20.9. The van der Waals surface area contributed by atoms with Crippen LogP contribution in [0.3, 0.4) is 0 Å². The number of H-pyrrole nitrogens is 5. The van der Waals surface area contributed by atoms with Crippen molar-refractivity contribution >= 4 is 187 Å². The maximum atomic E-state index is 12.1. The Bertz CT molecular complexity index is 6900. The number of carbonyl (C=O) groups is 5. The van der Waals surface area contributed by atoms with E-state index in [4.69, 9.17) is 76.1 Å². The SMILES string of the molecule is COc1cccc2cc(C3=NCc4ccc(N5CCCC5=O)cc43)[nH]c12.O=C1CCCN1c1ccc2c(c1)C(c1cc3c(Cl)cccc3[nH]1)=NC2.O=C1CCCN1c1ccc2c(c1)C(c1cc3cc(Cl)ccc3[nH]1)=NC2.O=C1CCCN1c1ccc2c(c1)C(c1cc3ccc(Cl)cc3[nH]1)=NC2.O=C1CCCN1c1ccc2c(c1)C(c1cc3cccc(Cl)c3[nH]1)=NC2. The van der Waals surface area contributed by atoms with E-state index >= 15 is 0 Å². The molecule has 5 fully saturated rings. The summed E-state index contributed by atoms with van der Waals surface area (Å²) in [6, 6.07) is 70.9. The number of aromatic nitrogens is 5. The number of amides is 5. The summed E-state index contributed by atoms with van der Waals surface area (Å²) in [6.07, 6.45) is 7.84. The summed E-state index contributed by atoms with van der Waals surface area (Å²) < 4.78 is 5.46. The average molecular weight is 1740 g/mol. The monoisotopic (exact) mass is 1740 g/mol. The van der Waals surface area contributed by atoms with Gasteiger partial charge in [0.1, 0.15) is 5.75 Å². The van der Waals surface area contributed by atoms with Crippen LogP contribution in [0.1, 0.15) is 148 Å². The van der Waals surface area contributed by atoms with Crippen LogP contribution in [-0.4, -0.2) is 123 Å². The molecule has 25 heteroatoms. The quantitative estimate of drug-likeness (QED) is 0.0841. The molecule has 5 N–H and O–H groups in total. The largest absolute Gasteiger partial charge is 0.495 e. The number of halogens is 4. The summed E-state index contributed by atoms with van der Waals surface area (Å²) in [5.41, 5.74) is 30.9. The zero-order valence-corrected chi connectivity index (χ0v) is 71.8. The van der Waals surface area contributed by atoms with Gasteiger partial charge in [0.25, 0.3) is 0 Å². The normalized spacial score (nSPS) is 16.5. The van der Waals surface area contributed by atoms with Gasteiger partial charge >= 0.3 is 0 Å². The third-order valence-electron chi connectivity index (χ3n) is 25.2. The van der Waals surface area contributed by atoms with Gasteiger partial charge in [-0.15, -0.1) is 0 Å². The molecule has 21 nitrogen and oxygen atoms in total. The van der Waals surface area contributed by atoms with Crippen LogP contribution in [-0.2, 0) is 56.7 Å². The van der Waals surface area contributed by atoms with Gasteiger partial charge in [0.2, 0.25) is 29.5 Å². The van der Waals surface area contributed by atoms with E-state index < -0.39 is 0 Å². The Balaban J connectivity index is 0.0000000961. The number of anilines is 5. The maximum Gasteiger partial charge on any atom is 0.227 e.